The number of fused-ring (bicyclic) bond motifs is 1. The summed E-state index contributed by atoms with van der Waals surface area (Å²) in [6, 6.07) is 28.4. The summed E-state index contributed by atoms with van der Waals surface area (Å²) in [4.78, 5) is 26.6. The second-order valence-corrected chi connectivity index (χ2v) is 9.02. The summed E-state index contributed by atoms with van der Waals surface area (Å²) in [6.07, 6.45) is 0.670. The average molecular weight is 471 g/mol. The van der Waals surface area contributed by atoms with Gasteiger partial charge in [0.15, 0.2) is 0 Å². The second kappa shape index (κ2) is 10.9. The molecule has 0 bridgehead atoms. The zero-order valence-corrected chi connectivity index (χ0v) is 19.9. The van der Waals surface area contributed by atoms with Crippen LogP contribution in [0.5, 0.6) is 5.75 Å². The van der Waals surface area contributed by atoms with Crippen molar-refractivity contribution < 1.29 is 14.3 Å². The Morgan fingerprint density at radius 1 is 0.882 bits per heavy atom. The Hall–Kier alpha value is -3.77. The van der Waals surface area contributed by atoms with E-state index in [9.17, 15) is 9.59 Å². The van der Waals surface area contributed by atoms with E-state index in [0.29, 0.717) is 23.4 Å². The number of hydrogen-bond donors (Lipinski definition) is 2. The molecular formula is C28H26N2O3S. The van der Waals surface area contributed by atoms with E-state index in [1.165, 1.54) is 11.8 Å². The van der Waals surface area contributed by atoms with Crippen LogP contribution in [0.2, 0.25) is 0 Å². The number of amides is 2. The lowest BCUT2D eigenvalue weighted by atomic mass is 10.1. The second-order valence-electron chi connectivity index (χ2n) is 7.74. The lowest BCUT2D eigenvalue weighted by Gasteiger charge is -2.16. The molecule has 5 nitrogen and oxygen atoms in total. The van der Waals surface area contributed by atoms with Crippen LogP contribution in [0.1, 0.15) is 23.7 Å². The van der Waals surface area contributed by atoms with Crippen LogP contribution in [0.4, 0.5) is 11.4 Å². The largest absolute Gasteiger partial charge is 0.497 e. The van der Waals surface area contributed by atoms with Crippen LogP contribution in [-0.2, 0) is 4.79 Å². The maximum atomic E-state index is 13.1. The highest BCUT2D eigenvalue weighted by atomic mass is 32.2. The highest BCUT2D eigenvalue weighted by Gasteiger charge is 2.19. The van der Waals surface area contributed by atoms with Gasteiger partial charge in [0, 0.05) is 27.2 Å². The van der Waals surface area contributed by atoms with Gasteiger partial charge in [-0.05, 0) is 60.3 Å². The third-order valence-electron chi connectivity index (χ3n) is 5.43. The summed E-state index contributed by atoms with van der Waals surface area (Å²) >= 11 is 1.48. The number of thioether (sulfide) groups is 1. The molecule has 0 saturated heterocycles. The van der Waals surface area contributed by atoms with Crippen molar-refractivity contribution in [2.45, 2.75) is 23.5 Å². The van der Waals surface area contributed by atoms with Gasteiger partial charge in [-0.2, -0.15) is 0 Å². The summed E-state index contributed by atoms with van der Waals surface area (Å²) in [6.45, 7) is 2.00. The zero-order chi connectivity index (χ0) is 23.9. The maximum Gasteiger partial charge on any atom is 0.255 e. The van der Waals surface area contributed by atoms with E-state index in [0.717, 1.165) is 21.4 Å². The van der Waals surface area contributed by atoms with Crippen LogP contribution in [-0.4, -0.2) is 24.2 Å². The SMILES string of the molecule is CCC(Sc1cccc(NC(=O)c2ccc(OC)cc2)c1)C(=O)Nc1cccc2ccccc12. The van der Waals surface area contributed by atoms with Crippen LogP contribution in [0, 0.1) is 0 Å². The molecule has 1 atom stereocenters. The molecule has 34 heavy (non-hydrogen) atoms. The molecule has 0 radical (unpaired) electrons. The Balaban J connectivity index is 1.44. The van der Waals surface area contributed by atoms with Crippen molar-refractivity contribution in [3.8, 4) is 5.75 Å². The molecule has 0 saturated carbocycles. The first kappa shape index (κ1) is 23.4. The van der Waals surface area contributed by atoms with Crippen LogP contribution < -0.4 is 15.4 Å². The molecule has 0 aliphatic rings. The Morgan fingerprint density at radius 2 is 1.62 bits per heavy atom. The lowest BCUT2D eigenvalue weighted by molar-refractivity contribution is -0.115. The molecule has 1 unspecified atom stereocenters. The van der Waals surface area contributed by atoms with E-state index in [-0.39, 0.29) is 17.1 Å². The molecule has 0 aliphatic heterocycles. The van der Waals surface area contributed by atoms with E-state index in [4.69, 9.17) is 4.74 Å². The van der Waals surface area contributed by atoms with Gasteiger partial charge in [-0.3, -0.25) is 9.59 Å². The number of ether oxygens (including phenoxy) is 1. The van der Waals surface area contributed by atoms with E-state index >= 15 is 0 Å². The first-order chi connectivity index (χ1) is 16.6. The fourth-order valence-corrected chi connectivity index (χ4v) is 4.64. The topological polar surface area (TPSA) is 67.4 Å². The molecule has 0 aromatic heterocycles. The fourth-order valence-electron chi connectivity index (χ4n) is 3.63. The number of benzene rings is 4. The van der Waals surface area contributed by atoms with Gasteiger partial charge in [0.05, 0.1) is 12.4 Å². The van der Waals surface area contributed by atoms with E-state index in [2.05, 4.69) is 10.6 Å². The molecule has 2 amide bonds. The summed E-state index contributed by atoms with van der Waals surface area (Å²) in [7, 11) is 1.59. The normalized spacial score (nSPS) is 11.6. The predicted octanol–water partition coefficient (Wildman–Crippen LogP) is 6.61. The first-order valence-electron chi connectivity index (χ1n) is 11.1. The predicted molar refractivity (Wildman–Crippen MR) is 140 cm³/mol. The van der Waals surface area contributed by atoms with Crippen molar-refractivity contribution in [1.82, 2.24) is 0 Å². The van der Waals surface area contributed by atoms with E-state index < -0.39 is 0 Å². The first-order valence-corrected chi connectivity index (χ1v) is 12.0. The van der Waals surface area contributed by atoms with Gasteiger partial charge in [0.1, 0.15) is 5.75 Å². The highest BCUT2D eigenvalue weighted by molar-refractivity contribution is 8.00. The minimum absolute atomic E-state index is 0.0449. The third kappa shape index (κ3) is 5.58. The molecule has 0 aliphatic carbocycles. The van der Waals surface area contributed by atoms with Crippen molar-refractivity contribution in [3.63, 3.8) is 0 Å². The monoisotopic (exact) mass is 470 g/mol. The molecule has 6 heteroatoms. The number of carbonyl (C=O) groups is 2. The van der Waals surface area contributed by atoms with Gasteiger partial charge < -0.3 is 15.4 Å². The van der Waals surface area contributed by atoms with Gasteiger partial charge >= 0.3 is 0 Å². The molecule has 4 rings (SSSR count). The fraction of sp³-hybridized carbons (Fsp3) is 0.143. The van der Waals surface area contributed by atoms with Gasteiger partial charge in [0.25, 0.3) is 5.91 Å². The van der Waals surface area contributed by atoms with Crippen LogP contribution >= 0.6 is 11.8 Å². The van der Waals surface area contributed by atoms with Gasteiger partial charge in [0.2, 0.25) is 5.91 Å². The van der Waals surface area contributed by atoms with E-state index in [1.54, 1.807) is 31.4 Å². The van der Waals surface area contributed by atoms with Crippen molar-refractivity contribution in [3.05, 3.63) is 96.6 Å². The van der Waals surface area contributed by atoms with Crippen molar-refractivity contribution in [2.24, 2.45) is 0 Å². The van der Waals surface area contributed by atoms with Gasteiger partial charge in [-0.15, -0.1) is 11.8 Å². The Labute approximate surface area is 203 Å². The van der Waals surface area contributed by atoms with Gasteiger partial charge in [-0.25, -0.2) is 0 Å². The molecule has 2 N–H and O–H groups in total. The van der Waals surface area contributed by atoms with Crippen molar-refractivity contribution in [2.75, 3.05) is 17.7 Å². The number of nitrogens with one attached hydrogen (secondary N) is 2. The zero-order valence-electron chi connectivity index (χ0n) is 19.1. The minimum Gasteiger partial charge on any atom is -0.497 e. The van der Waals surface area contributed by atoms with Gasteiger partial charge in [-0.1, -0.05) is 49.4 Å². The number of anilines is 2. The molecule has 4 aromatic carbocycles. The molecule has 0 fully saturated rings. The number of carbonyl (C=O) groups excluding carboxylic acids is 2. The molecule has 0 heterocycles. The van der Waals surface area contributed by atoms with E-state index in [1.807, 2.05) is 73.7 Å². The molecule has 172 valence electrons. The Kier molecular flexibility index (Phi) is 7.50. The average Bonchev–Trinajstić information content (AvgIpc) is 2.87. The summed E-state index contributed by atoms with van der Waals surface area (Å²) < 4.78 is 5.14. The quantitative estimate of drug-likeness (QED) is 0.284. The third-order valence-corrected chi connectivity index (χ3v) is 6.79. The number of hydrogen-bond acceptors (Lipinski definition) is 4. The summed E-state index contributed by atoms with van der Waals surface area (Å²) in [5.41, 5.74) is 2.03. The number of rotatable bonds is 8. The number of methoxy groups -OCH3 is 1. The molecule has 4 aromatic rings. The summed E-state index contributed by atoms with van der Waals surface area (Å²) in [5, 5.41) is 7.85. The minimum atomic E-state index is -0.272. The molecule has 0 spiro atoms. The van der Waals surface area contributed by atoms with Crippen LogP contribution in [0.25, 0.3) is 10.8 Å². The summed E-state index contributed by atoms with van der Waals surface area (Å²) in [5.74, 6) is 0.449. The highest BCUT2D eigenvalue weighted by Crippen LogP contribution is 2.30. The Morgan fingerprint density at radius 3 is 2.38 bits per heavy atom. The van der Waals surface area contributed by atoms with Crippen molar-refractivity contribution >= 4 is 45.7 Å². The van der Waals surface area contributed by atoms with Crippen LogP contribution in [0.3, 0.4) is 0 Å². The smallest absolute Gasteiger partial charge is 0.255 e. The standard InChI is InChI=1S/C28H26N2O3S/c1-3-26(28(32)30-25-13-6-9-19-8-4-5-12-24(19)25)34-23-11-7-10-21(18-23)29-27(31)20-14-16-22(33-2)17-15-20/h4-18,26H,3H2,1-2H3,(H,29,31)(H,30,32). The van der Waals surface area contributed by atoms with Crippen molar-refractivity contribution in [1.29, 1.82) is 0 Å². The maximum absolute atomic E-state index is 13.1. The Bertz CT molecular complexity index is 1300. The van der Waals surface area contributed by atoms with Crippen LogP contribution in [0.15, 0.2) is 95.9 Å². The lowest BCUT2D eigenvalue weighted by Crippen LogP contribution is -2.24. The molecular weight excluding hydrogens is 444 g/mol.